The number of aromatic nitrogens is 2. The maximum atomic E-state index is 4.56. The number of aryl methyl sites for hydroxylation is 2. The van der Waals surface area contributed by atoms with Gasteiger partial charge in [0.2, 0.25) is 0 Å². The molecule has 3 nitrogen and oxygen atoms in total. The third kappa shape index (κ3) is 3.35. The topological polar surface area (TPSA) is 29.9 Å². The fourth-order valence-electron chi connectivity index (χ4n) is 3.24. The second kappa shape index (κ2) is 6.37. The predicted octanol–water partition coefficient (Wildman–Crippen LogP) is 2.92. The molecule has 2 atom stereocenters. The molecule has 1 aliphatic rings. The normalized spacial score (nSPS) is 25.1. The molecule has 1 N–H and O–H groups in total. The van der Waals surface area contributed by atoms with E-state index in [1.54, 1.807) is 0 Å². The number of nitrogens with zero attached hydrogens (tertiary/aromatic N) is 2. The zero-order chi connectivity index (χ0) is 13.0. The zero-order valence-corrected chi connectivity index (χ0v) is 12.1. The molecule has 18 heavy (non-hydrogen) atoms. The third-order valence-corrected chi connectivity index (χ3v) is 4.22. The van der Waals surface area contributed by atoms with Crippen LogP contribution in [0.15, 0.2) is 6.07 Å². The molecule has 0 radical (unpaired) electrons. The van der Waals surface area contributed by atoms with Gasteiger partial charge in [-0.15, -0.1) is 0 Å². The molecule has 2 unspecified atom stereocenters. The Labute approximate surface area is 111 Å². The van der Waals surface area contributed by atoms with Crippen molar-refractivity contribution < 1.29 is 0 Å². The van der Waals surface area contributed by atoms with Gasteiger partial charge in [-0.05, 0) is 52.1 Å². The molecule has 1 saturated carbocycles. The van der Waals surface area contributed by atoms with Gasteiger partial charge in [0.25, 0.3) is 0 Å². The Morgan fingerprint density at radius 1 is 1.39 bits per heavy atom. The summed E-state index contributed by atoms with van der Waals surface area (Å²) in [5.74, 6) is 0.825. The van der Waals surface area contributed by atoms with Gasteiger partial charge in [-0.25, -0.2) is 0 Å². The lowest BCUT2D eigenvalue weighted by Gasteiger charge is -2.19. The Morgan fingerprint density at radius 3 is 2.89 bits per heavy atom. The van der Waals surface area contributed by atoms with E-state index < -0.39 is 0 Å². The van der Waals surface area contributed by atoms with Gasteiger partial charge in [0.1, 0.15) is 0 Å². The van der Waals surface area contributed by atoms with E-state index in [1.165, 1.54) is 44.2 Å². The Hall–Kier alpha value is -0.830. The highest BCUT2D eigenvalue weighted by Gasteiger charge is 2.20. The molecule has 3 heteroatoms. The lowest BCUT2D eigenvalue weighted by atomic mass is 9.93. The summed E-state index contributed by atoms with van der Waals surface area (Å²) in [4.78, 5) is 0. The van der Waals surface area contributed by atoms with Crippen LogP contribution >= 0.6 is 0 Å². The van der Waals surface area contributed by atoms with E-state index >= 15 is 0 Å². The van der Waals surface area contributed by atoms with E-state index in [9.17, 15) is 0 Å². The lowest BCUT2D eigenvalue weighted by molar-refractivity contribution is 0.391. The SMILES string of the molecule is CCn1nc(C)cc1CC1CCCCC(NC)C1. The van der Waals surface area contributed by atoms with Crippen LogP contribution in [0.1, 0.15) is 50.4 Å². The molecule has 1 aromatic heterocycles. The molecule has 0 saturated heterocycles. The van der Waals surface area contributed by atoms with Crippen molar-refractivity contribution in [3.63, 3.8) is 0 Å². The summed E-state index contributed by atoms with van der Waals surface area (Å²) in [5, 5.41) is 8.03. The molecule has 0 aromatic carbocycles. The standard InChI is InChI=1S/C15H27N3/c1-4-18-15(9-12(2)17-18)11-13-7-5-6-8-14(10-13)16-3/h9,13-14,16H,4-8,10-11H2,1-3H3. The number of hydrogen-bond acceptors (Lipinski definition) is 2. The Kier molecular flexibility index (Phi) is 4.81. The van der Waals surface area contributed by atoms with Crippen LogP contribution in [0.3, 0.4) is 0 Å². The third-order valence-electron chi connectivity index (χ3n) is 4.22. The predicted molar refractivity (Wildman–Crippen MR) is 75.8 cm³/mol. The summed E-state index contributed by atoms with van der Waals surface area (Å²) in [5.41, 5.74) is 2.59. The van der Waals surface area contributed by atoms with Crippen molar-refractivity contribution in [2.75, 3.05) is 7.05 Å². The highest BCUT2D eigenvalue weighted by molar-refractivity contribution is 5.10. The van der Waals surface area contributed by atoms with Gasteiger partial charge in [0.05, 0.1) is 5.69 Å². The first-order chi connectivity index (χ1) is 8.72. The van der Waals surface area contributed by atoms with Crippen LogP contribution in [0, 0.1) is 12.8 Å². The largest absolute Gasteiger partial charge is 0.317 e. The minimum Gasteiger partial charge on any atom is -0.317 e. The highest BCUT2D eigenvalue weighted by Crippen LogP contribution is 2.26. The van der Waals surface area contributed by atoms with Crippen LogP contribution < -0.4 is 5.32 Å². The monoisotopic (exact) mass is 249 g/mol. The molecular formula is C15H27N3. The summed E-state index contributed by atoms with van der Waals surface area (Å²) in [6, 6.07) is 2.99. The fraction of sp³-hybridized carbons (Fsp3) is 0.800. The van der Waals surface area contributed by atoms with E-state index in [2.05, 4.69) is 42.1 Å². The average Bonchev–Trinajstić information content (AvgIpc) is 2.59. The summed E-state index contributed by atoms with van der Waals surface area (Å²) in [7, 11) is 2.10. The summed E-state index contributed by atoms with van der Waals surface area (Å²) in [6.45, 7) is 5.27. The highest BCUT2D eigenvalue weighted by atomic mass is 15.3. The van der Waals surface area contributed by atoms with Gasteiger partial charge in [0, 0.05) is 18.3 Å². The molecule has 0 bridgehead atoms. The minimum atomic E-state index is 0.719. The second-order valence-electron chi connectivity index (χ2n) is 5.67. The minimum absolute atomic E-state index is 0.719. The molecule has 0 amide bonds. The van der Waals surface area contributed by atoms with Gasteiger partial charge in [-0.3, -0.25) is 4.68 Å². The van der Waals surface area contributed by atoms with Crippen molar-refractivity contribution in [2.45, 2.75) is 65.0 Å². The average molecular weight is 249 g/mol. The van der Waals surface area contributed by atoms with Gasteiger partial charge in [-0.1, -0.05) is 19.3 Å². The van der Waals surface area contributed by atoms with Crippen molar-refractivity contribution in [2.24, 2.45) is 5.92 Å². The molecule has 0 aliphatic heterocycles. The van der Waals surface area contributed by atoms with Crippen molar-refractivity contribution in [3.8, 4) is 0 Å². The van der Waals surface area contributed by atoms with E-state index in [4.69, 9.17) is 0 Å². The van der Waals surface area contributed by atoms with Crippen LogP contribution in [-0.2, 0) is 13.0 Å². The van der Waals surface area contributed by atoms with E-state index in [0.29, 0.717) is 0 Å². The van der Waals surface area contributed by atoms with Crippen molar-refractivity contribution in [3.05, 3.63) is 17.5 Å². The van der Waals surface area contributed by atoms with Crippen LogP contribution in [0.4, 0.5) is 0 Å². The van der Waals surface area contributed by atoms with E-state index in [-0.39, 0.29) is 0 Å². The summed E-state index contributed by atoms with van der Waals surface area (Å²) >= 11 is 0. The Bertz CT molecular complexity index is 370. The molecular weight excluding hydrogens is 222 g/mol. The lowest BCUT2D eigenvalue weighted by Crippen LogP contribution is -2.27. The van der Waals surface area contributed by atoms with Gasteiger partial charge in [-0.2, -0.15) is 5.10 Å². The second-order valence-corrected chi connectivity index (χ2v) is 5.67. The molecule has 1 aromatic rings. The van der Waals surface area contributed by atoms with E-state index in [0.717, 1.165) is 24.2 Å². The first-order valence-electron chi connectivity index (χ1n) is 7.43. The summed E-state index contributed by atoms with van der Waals surface area (Å²) < 4.78 is 2.18. The number of rotatable bonds is 4. The first kappa shape index (κ1) is 13.6. The van der Waals surface area contributed by atoms with Gasteiger partial charge < -0.3 is 5.32 Å². The molecule has 0 spiro atoms. The number of nitrogens with one attached hydrogen (secondary N) is 1. The van der Waals surface area contributed by atoms with Gasteiger partial charge in [0.15, 0.2) is 0 Å². The van der Waals surface area contributed by atoms with Crippen LogP contribution in [0.2, 0.25) is 0 Å². The summed E-state index contributed by atoms with van der Waals surface area (Å²) in [6.07, 6.45) is 8.03. The molecule has 1 aliphatic carbocycles. The van der Waals surface area contributed by atoms with Crippen LogP contribution in [0.5, 0.6) is 0 Å². The maximum Gasteiger partial charge on any atom is 0.0596 e. The van der Waals surface area contributed by atoms with Crippen molar-refractivity contribution in [1.82, 2.24) is 15.1 Å². The van der Waals surface area contributed by atoms with E-state index in [1.807, 2.05) is 0 Å². The van der Waals surface area contributed by atoms with Crippen molar-refractivity contribution >= 4 is 0 Å². The zero-order valence-electron chi connectivity index (χ0n) is 12.1. The fourth-order valence-corrected chi connectivity index (χ4v) is 3.24. The Balaban J connectivity index is 2.02. The molecule has 102 valence electrons. The Morgan fingerprint density at radius 2 is 2.17 bits per heavy atom. The first-order valence-corrected chi connectivity index (χ1v) is 7.43. The van der Waals surface area contributed by atoms with Crippen LogP contribution in [0.25, 0.3) is 0 Å². The smallest absolute Gasteiger partial charge is 0.0596 e. The van der Waals surface area contributed by atoms with Crippen molar-refractivity contribution in [1.29, 1.82) is 0 Å². The quantitative estimate of drug-likeness (QED) is 0.832. The molecule has 1 heterocycles. The molecule has 1 fully saturated rings. The number of hydrogen-bond donors (Lipinski definition) is 1. The van der Waals surface area contributed by atoms with Gasteiger partial charge >= 0.3 is 0 Å². The maximum absolute atomic E-state index is 4.56. The van der Waals surface area contributed by atoms with Crippen LogP contribution in [-0.4, -0.2) is 22.9 Å². The molecule has 2 rings (SSSR count).